The minimum atomic E-state index is -0.428. The predicted octanol–water partition coefficient (Wildman–Crippen LogP) is 2.96. The van der Waals surface area contributed by atoms with Crippen LogP contribution in [0.2, 0.25) is 0 Å². The minimum Gasteiger partial charge on any atom is -0.357 e. The first-order chi connectivity index (χ1) is 9.56. The summed E-state index contributed by atoms with van der Waals surface area (Å²) in [7, 11) is 1.69. The fraction of sp³-hybridized carbons (Fsp3) is 0.286. The monoisotopic (exact) mass is 272 g/mol. The number of aromatic nitrogens is 2. The first-order valence-corrected chi connectivity index (χ1v) is 6.37. The molecule has 0 radical (unpaired) electrons. The summed E-state index contributed by atoms with van der Waals surface area (Å²) in [6.07, 6.45) is 0.866. The number of benzene rings is 1. The van der Waals surface area contributed by atoms with Gasteiger partial charge in [0.05, 0.1) is 4.92 Å². The number of nitrogens with zero attached hydrogens (tertiary/aromatic N) is 3. The molecule has 0 aliphatic rings. The standard InChI is InChI=1S/C14H16N4O2/c1-4-10-6-5-7-11(8-10)12-13(18(19)20)9(2)16-14(15-3)17-12/h5-8H,4H2,1-3H3,(H,15,16,17). The molecule has 0 amide bonds. The number of aryl methyl sites for hydroxylation is 2. The molecule has 0 bridgehead atoms. The van der Waals surface area contributed by atoms with Crippen LogP contribution in [-0.4, -0.2) is 21.9 Å². The lowest BCUT2D eigenvalue weighted by molar-refractivity contribution is -0.385. The second-order valence-electron chi connectivity index (χ2n) is 4.39. The lowest BCUT2D eigenvalue weighted by Crippen LogP contribution is -2.05. The van der Waals surface area contributed by atoms with E-state index in [4.69, 9.17) is 0 Å². The molecule has 0 aliphatic carbocycles. The fourth-order valence-electron chi connectivity index (χ4n) is 2.04. The molecule has 0 spiro atoms. The molecule has 1 aromatic carbocycles. The average Bonchev–Trinajstić information content (AvgIpc) is 2.45. The van der Waals surface area contributed by atoms with E-state index in [0.29, 0.717) is 17.3 Å². The third-order valence-electron chi connectivity index (χ3n) is 3.07. The highest BCUT2D eigenvalue weighted by Crippen LogP contribution is 2.31. The molecule has 0 atom stereocenters. The maximum atomic E-state index is 11.3. The Morgan fingerprint density at radius 3 is 2.70 bits per heavy atom. The molecule has 20 heavy (non-hydrogen) atoms. The van der Waals surface area contributed by atoms with Crippen LogP contribution in [-0.2, 0) is 6.42 Å². The van der Waals surface area contributed by atoms with Crippen LogP contribution in [0, 0.1) is 17.0 Å². The number of hydrogen-bond donors (Lipinski definition) is 1. The zero-order chi connectivity index (χ0) is 14.7. The Bertz CT molecular complexity index is 656. The molecule has 2 aromatic rings. The van der Waals surface area contributed by atoms with Crippen molar-refractivity contribution in [3.8, 4) is 11.3 Å². The minimum absolute atomic E-state index is 0.0442. The summed E-state index contributed by atoms with van der Waals surface area (Å²) in [5.74, 6) is 0.380. The van der Waals surface area contributed by atoms with Crippen LogP contribution in [0.25, 0.3) is 11.3 Å². The summed E-state index contributed by atoms with van der Waals surface area (Å²) in [6.45, 7) is 3.66. The Balaban J connectivity index is 2.69. The van der Waals surface area contributed by atoms with E-state index in [1.807, 2.05) is 31.2 Å². The number of anilines is 1. The first kappa shape index (κ1) is 13.9. The Hall–Kier alpha value is -2.50. The van der Waals surface area contributed by atoms with Gasteiger partial charge in [0.2, 0.25) is 5.95 Å². The second-order valence-corrected chi connectivity index (χ2v) is 4.39. The van der Waals surface area contributed by atoms with Crippen molar-refractivity contribution in [2.24, 2.45) is 0 Å². The summed E-state index contributed by atoms with van der Waals surface area (Å²) in [6, 6.07) is 7.62. The van der Waals surface area contributed by atoms with E-state index in [1.54, 1.807) is 14.0 Å². The third kappa shape index (κ3) is 2.59. The summed E-state index contributed by atoms with van der Waals surface area (Å²) in [4.78, 5) is 19.2. The smallest absolute Gasteiger partial charge is 0.316 e. The SMILES string of the molecule is CCc1cccc(-c2nc(NC)nc(C)c2[N+](=O)[O-])c1. The first-order valence-electron chi connectivity index (χ1n) is 6.37. The van der Waals surface area contributed by atoms with Crippen molar-refractivity contribution < 1.29 is 4.92 Å². The van der Waals surface area contributed by atoms with Gasteiger partial charge in [-0.05, 0) is 25.0 Å². The van der Waals surface area contributed by atoms with Gasteiger partial charge < -0.3 is 5.32 Å². The van der Waals surface area contributed by atoms with Crippen molar-refractivity contribution in [3.05, 3.63) is 45.6 Å². The van der Waals surface area contributed by atoms with Gasteiger partial charge in [-0.25, -0.2) is 9.97 Å². The predicted molar refractivity (Wildman–Crippen MR) is 77.8 cm³/mol. The molecule has 1 aromatic heterocycles. The van der Waals surface area contributed by atoms with Crippen LogP contribution < -0.4 is 5.32 Å². The Morgan fingerprint density at radius 2 is 2.10 bits per heavy atom. The number of nitro groups is 1. The lowest BCUT2D eigenvalue weighted by Gasteiger charge is -2.08. The highest BCUT2D eigenvalue weighted by atomic mass is 16.6. The van der Waals surface area contributed by atoms with Crippen molar-refractivity contribution >= 4 is 11.6 Å². The molecule has 0 saturated heterocycles. The number of rotatable bonds is 4. The molecule has 104 valence electrons. The number of hydrogen-bond acceptors (Lipinski definition) is 5. The van der Waals surface area contributed by atoms with Gasteiger partial charge in [0, 0.05) is 12.6 Å². The van der Waals surface area contributed by atoms with E-state index in [9.17, 15) is 10.1 Å². The van der Waals surface area contributed by atoms with E-state index in [0.717, 1.165) is 17.5 Å². The highest BCUT2D eigenvalue weighted by Gasteiger charge is 2.23. The summed E-state index contributed by atoms with van der Waals surface area (Å²) in [5, 5.41) is 14.1. The normalized spacial score (nSPS) is 10.3. The molecule has 6 heteroatoms. The van der Waals surface area contributed by atoms with Crippen molar-refractivity contribution in [2.75, 3.05) is 12.4 Å². The Morgan fingerprint density at radius 1 is 1.35 bits per heavy atom. The zero-order valence-corrected chi connectivity index (χ0v) is 11.7. The average molecular weight is 272 g/mol. The van der Waals surface area contributed by atoms with Crippen molar-refractivity contribution in [2.45, 2.75) is 20.3 Å². The van der Waals surface area contributed by atoms with Gasteiger partial charge in [0.1, 0.15) is 5.69 Å². The van der Waals surface area contributed by atoms with Crippen LogP contribution in [0.1, 0.15) is 18.2 Å². The van der Waals surface area contributed by atoms with Crippen LogP contribution in [0.3, 0.4) is 0 Å². The van der Waals surface area contributed by atoms with E-state index >= 15 is 0 Å². The van der Waals surface area contributed by atoms with E-state index in [-0.39, 0.29) is 5.69 Å². The fourth-order valence-corrected chi connectivity index (χ4v) is 2.04. The second kappa shape index (κ2) is 5.64. The molecular formula is C14H16N4O2. The van der Waals surface area contributed by atoms with Crippen molar-refractivity contribution in [1.29, 1.82) is 0 Å². The summed E-state index contributed by atoms with van der Waals surface area (Å²) < 4.78 is 0. The molecule has 0 saturated carbocycles. The molecular weight excluding hydrogens is 256 g/mol. The quantitative estimate of drug-likeness (QED) is 0.683. The van der Waals surface area contributed by atoms with Crippen LogP contribution in [0.15, 0.2) is 24.3 Å². The molecule has 1 heterocycles. The van der Waals surface area contributed by atoms with Gasteiger partial charge >= 0.3 is 5.69 Å². The molecule has 0 aliphatic heterocycles. The maximum absolute atomic E-state index is 11.3. The zero-order valence-electron chi connectivity index (χ0n) is 11.7. The molecule has 1 N–H and O–H groups in total. The largest absolute Gasteiger partial charge is 0.357 e. The molecule has 6 nitrogen and oxygen atoms in total. The van der Waals surface area contributed by atoms with Gasteiger partial charge in [-0.2, -0.15) is 0 Å². The van der Waals surface area contributed by atoms with Gasteiger partial charge in [-0.3, -0.25) is 10.1 Å². The Labute approximate surface area is 117 Å². The highest BCUT2D eigenvalue weighted by molar-refractivity contribution is 5.72. The van der Waals surface area contributed by atoms with Crippen molar-refractivity contribution in [3.63, 3.8) is 0 Å². The Kier molecular flexibility index (Phi) is 3.93. The topological polar surface area (TPSA) is 81.0 Å². The van der Waals surface area contributed by atoms with Gasteiger partial charge in [-0.15, -0.1) is 0 Å². The van der Waals surface area contributed by atoms with E-state index in [1.165, 1.54) is 0 Å². The third-order valence-corrected chi connectivity index (χ3v) is 3.07. The van der Waals surface area contributed by atoms with Crippen LogP contribution in [0.4, 0.5) is 11.6 Å². The van der Waals surface area contributed by atoms with E-state index in [2.05, 4.69) is 15.3 Å². The van der Waals surface area contributed by atoms with Crippen molar-refractivity contribution in [1.82, 2.24) is 9.97 Å². The summed E-state index contributed by atoms with van der Waals surface area (Å²) in [5.41, 5.74) is 2.50. The van der Waals surface area contributed by atoms with Crippen LogP contribution >= 0.6 is 0 Å². The van der Waals surface area contributed by atoms with Crippen LogP contribution in [0.5, 0.6) is 0 Å². The number of nitrogens with one attached hydrogen (secondary N) is 1. The van der Waals surface area contributed by atoms with Gasteiger partial charge in [0.25, 0.3) is 0 Å². The molecule has 2 rings (SSSR count). The van der Waals surface area contributed by atoms with Gasteiger partial charge in [0.15, 0.2) is 5.69 Å². The maximum Gasteiger partial charge on any atom is 0.316 e. The lowest BCUT2D eigenvalue weighted by atomic mass is 10.0. The summed E-state index contributed by atoms with van der Waals surface area (Å²) >= 11 is 0. The van der Waals surface area contributed by atoms with Gasteiger partial charge in [-0.1, -0.05) is 25.1 Å². The van der Waals surface area contributed by atoms with E-state index < -0.39 is 4.92 Å². The molecule has 0 unspecified atom stereocenters. The molecule has 0 fully saturated rings.